The molecule has 0 saturated heterocycles. The van der Waals surface area contributed by atoms with Gasteiger partial charge < -0.3 is 10.4 Å². The van der Waals surface area contributed by atoms with Crippen LogP contribution < -0.4 is 5.32 Å². The van der Waals surface area contributed by atoms with Crippen molar-refractivity contribution in [3.05, 3.63) is 30.1 Å². The molecule has 5 heteroatoms. The molecule has 0 aromatic carbocycles. The van der Waals surface area contributed by atoms with Gasteiger partial charge in [-0.25, -0.2) is 4.79 Å². The average molecular weight is 208 g/mol. The zero-order valence-corrected chi connectivity index (χ0v) is 8.30. The van der Waals surface area contributed by atoms with Gasteiger partial charge in [0.25, 0.3) is 0 Å². The van der Waals surface area contributed by atoms with E-state index in [-0.39, 0.29) is 12.3 Å². The number of carbonyl (C=O) groups is 2. The van der Waals surface area contributed by atoms with E-state index in [0.717, 1.165) is 5.56 Å². The first-order chi connectivity index (χ1) is 7.09. The van der Waals surface area contributed by atoms with Crippen LogP contribution in [0.2, 0.25) is 0 Å². The quantitative estimate of drug-likeness (QED) is 0.741. The summed E-state index contributed by atoms with van der Waals surface area (Å²) in [6, 6.07) is 2.60. The molecule has 0 bridgehead atoms. The Hall–Kier alpha value is -1.91. The molecule has 15 heavy (non-hydrogen) atoms. The van der Waals surface area contributed by atoms with E-state index >= 15 is 0 Å². The number of aromatic nitrogens is 1. The van der Waals surface area contributed by atoms with Crippen LogP contribution in [0.25, 0.3) is 0 Å². The van der Waals surface area contributed by atoms with E-state index in [9.17, 15) is 9.59 Å². The normalized spacial score (nSPS) is 11.8. The highest BCUT2D eigenvalue weighted by Gasteiger charge is 2.18. The van der Waals surface area contributed by atoms with Gasteiger partial charge in [-0.2, -0.15) is 0 Å². The average Bonchev–Trinajstić information content (AvgIpc) is 2.17. The maximum absolute atomic E-state index is 10.8. The van der Waals surface area contributed by atoms with Crippen LogP contribution in [-0.4, -0.2) is 28.0 Å². The fourth-order valence-electron chi connectivity index (χ4n) is 1.20. The number of hydrogen-bond acceptors (Lipinski definition) is 3. The number of amides is 1. The lowest BCUT2D eigenvalue weighted by Crippen LogP contribution is -2.41. The fourth-order valence-corrected chi connectivity index (χ4v) is 1.20. The van der Waals surface area contributed by atoms with Crippen LogP contribution in [0.1, 0.15) is 12.5 Å². The highest BCUT2D eigenvalue weighted by atomic mass is 16.4. The summed E-state index contributed by atoms with van der Waals surface area (Å²) in [4.78, 5) is 25.4. The number of carboxylic acid groups (broad SMARTS) is 1. The number of carboxylic acids is 1. The van der Waals surface area contributed by atoms with Crippen LogP contribution in [0.15, 0.2) is 24.5 Å². The molecule has 1 aromatic rings. The predicted molar refractivity (Wildman–Crippen MR) is 53.2 cm³/mol. The van der Waals surface area contributed by atoms with Gasteiger partial charge in [-0.1, -0.05) is 6.07 Å². The first-order valence-corrected chi connectivity index (χ1v) is 4.48. The molecule has 0 spiro atoms. The third-order valence-electron chi connectivity index (χ3n) is 1.84. The summed E-state index contributed by atoms with van der Waals surface area (Å²) in [6.45, 7) is 1.29. The zero-order valence-electron chi connectivity index (χ0n) is 8.30. The topological polar surface area (TPSA) is 79.3 Å². The number of pyridine rings is 1. The zero-order chi connectivity index (χ0) is 11.3. The standard InChI is InChI=1S/C10H12N2O3/c1-7(13)12-9(10(14)15)5-8-3-2-4-11-6-8/h2-4,6,9H,5H2,1H3,(H,12,13)(H,14,15). The lowest BCUT2D eigenvalue weighted by atomic mass is 10.1. The Morgan fingerprint density at radius 2 is 2.33 bits per heavy atom. The van der Waals surface area contributed by atoms with Crippen LogP contribution in [0.5, 0.6) is 0 Å². The minimum Gasteiger partial charge on any atom is -0.480 e. The number of nitrogens with one attached hydrogen (secondary N) is 1. The van der Waals surface area contributed by atoms with E-state index < -0.39 is 12.0 Å². The molecule has 1 atom stereocenters. The number of nitrogens with zero attached hydrogens (tertiary/aromatic N) is 1. The number of hydrogen-bond donors (Lipinski definition) is 2. The first-order valence-electron chi connectivity index (χ1n) is 4.48. The van der Waals surface area contributed by atoms with Gasteiger partial charge in [-0.05, 0) is 11.6 Å². The van der Waals surface area contributed by atoms with Crippen molar-refractivity contribution in [3.8, 4) is 0 Å². The lowest BCUT2D eigenvalue weighted by molar-refractivity contribution is -0.141. The Morgan fingerprint density at radius 3 is 2.80 bits per heavy atom. The summed E-state index contributed by atoms with van der Waals surface area (Å²) in [6.07, 6.45) is 3.43. The summed E-state index contributed by atoms with van der Waals surface area (Å²) in [5.41, 5.74) is 0.777. The SMILES string of the molecule is CC(=O)NC(Cc1cccnc1)C(=O)O. The van der Waals surface area contributed by atoms with Crippen molar-refractivity contribution in [1.29, 1.82) is 0 Å². The Kier molecular flexibility index (Phi) is 3.79. The lowest BCUT2D eigenvalue weighted by Gasteiger charge is -2.12. The van der Waals surface area contributed by atoms with Gasteiger partial charge in [0.15, 0.2) is 0 Å². The minimum atomic E-state index is -1.05. The highest BCUT2D eigenvalue weighted by Crippen LogP contribution is 2.01. The molecule has 80 valence electrons. The van der Waals surface area contributed by atoms with E-state index in [1.165, 1.54) is 6.92 Å². The van der Waals surface area contributed by atoms with Crippen LogP contribution in [0, 0.1) is 0 Å². The molecule has 1 aromatic heterocycles. The maximum atomic E-state index is 10.8. The van der Waals surface area contributed by atoms with E-state index in [2.05, 4.69) is 10.3 Å². The Labute approximate surface area is 87.1 Å². The summed E-state index contributed by atoms with van der Waals surface area (Å²) in [5.74, 6) is -1.40. The summed E-state index contributed by atoms with van der Waals surface area (Å²) >= 11 is 0. The molecule has 0 aliphatic heterocycles. The molecule has 1 heterocycles. The van der Waals surface area contributed by atoms with Gasteiger partial charge in [0.05, 0.1) is 0 Å². The third kappa shape index (κ3) is 3.76. The molecular weight excluding hydrogens is 196 g/mol. The van der Waals surface area contributed by atoms with E-state index in [1.54, 1.807) is 24.5 Å². The van der Waals surface area contributed by atoms with Gasteiger partial charge in [0.2, 0.25) is 5.91 Å². The van der Waals surface area contributed by atoms with Gasteiger partial charge in [0.1, 0.15) is 6.04 Å². The Morgan fingerprint density at radius 1 is 1.60 bits per heavy atom. The minimum absolute atomic E-state index is 0.239. The second-order valence-corrected chi connectivity index (χ2v) is 3.16. The molecule has 1 unspecified atom stereocenters. The molecule has 2 N–H and O–H groups in total. The Balaban J connectivity index is 2.67. The van der Waals surface area contributed by atoms with Crippen LogP contribution in [-0.2, 0) is 16.0 Å². The molecule has 0 aliphatic rings. The molecular formula is C10H12N2O3. The van der Waals surface area contributed by atoms with E-state index in [0.29, 0.717) is 0 Å². The number of aliphatic carboxylic acids is 1. The van der Waals surface area contributed by atoms with Crippen LogP contribution in [0.4, 0.5) is 0 Å². The van der Waals surface area contributed by atoms with Gasteiger partial charge in [0, 0.05) is 25.7 Å². The maximum Gasteiger partial charge on any atom is 0.326 e. The largest absolute Gasteiger partial charge is 0.480 e. The smallest absolute Gasteiger partial charge is 0.326 e. The molecule has 0 fully saturated rings. The molecule has 1 rings (SSSR count). The van der Waals surface area contributed by atoms with Gasteiger partial charge in [-0.3, -0.25) is 9.78 Å². The van der Waals surface area contributed by atoms with Crippen molar-refractivity contribution < 1.29 is 14.7 Å². The second kappa shape index (κ2) is 5.09. The van der Waals surface area contributed by atoms with Crippen molar-refractivity contribution in [2.24, 2.45) is 0 Å². The van der Waals surface area contributed by atoms with Crippen molar-refractivity contribution in [1.82, 2.24) is 10.3 Å². The molecule has 0 aliphatic carbocycles. The van der Waals surface area contributed by atoms with Crippen LogP contribution >= 0.6 is 0 Å². The fraction of sp³-hybridized carbons (Fsp3) is 0.300. The summed E-state index contributed by atoms with van der Waals surface area (Å²) in [7, 11) is 0. The van der Waals surface area contributed by atoms with Gasteiger partial charge in [-0.15, -0.1) is 0 Å². The molecule has 0 saturated carbocycles. The highest BCUT2D eigenvalue weighted by molar-refractivity contribution is 5.82. The summed E-state index contributed by atoms with van der Waals surface area (Å²) in [5, 5.41) is 11.2. The third-order valence-corrected chi connectivity index (χ3v) is 1.84. The summed E-state index contributed by atoms with van der Waals surface area (Å²) < 4.78 is 0. The van der Waals surface area contributed by atoms with E-state index in [1.807, 2.05) is 0 Å². The molecule has 1 amide bonds. The predicted octanol–water partition coefficient (Wildman–Crippen LogP) is 0.213. The van der Waals surface area contributed by atoms with Crippen LogP contribution in [0.3, 0.4) is 0 Å². The van der Waals surface area contributed by atoms with Gasteiger partial charge >= 0.3 is 5.97 Å². The molecule has 5 nitrogen and oxygen atoms in total. The molecule has 0 radical (unpaired) electrons. The van der Waals surface area contributed by atoms with Crippen molar-refractivity contribution in [2.75, 3.05) is 0 Å². The second-order valence-electron chi connectivity index (χ2n) is 3.16. The van der Waals surface area contributed by atoms with Crippen molar-refractivity contribution in [3.63, 3.8) is 0 Å². The van der Waals surface area contributed by atoms with Crippen molar-refractivity contribution in [2.45, 2.75) is 19.4 Å². The van der Waals surface area contributed by atoms with Crippen molar-refractivity contribution >= 4 is 11.9 Å². The first kappa shape index (κ1) is 11.2. The monoisotopic (exact) mass is 208 g/mol. The number of carbonyl (C=O) groups excluding carboxylic acids is 1. The van der Waals surface area contributed by atoms with E-state index in [4.69, 9.17) is 5.11 Å². The number of rotatable bonds is 4. The Bertz CT molecular complexity index is 351.